The molecule has 28 heavy (non-hydrogen) atoms. The van der Waals surface area contributed by atoms with Gasteiger partial charge < -0.3 is 19.0 Å². The molecule has 0 radical (unpaired) electrons. The molecule has 0 spiro atoms. The van der Waals surface area contributed by atoms with Gasteiger partial charge >= 0.3 is 0 Å². The third-order valence-corrected chi connectivity index (χ3v) is 5.20. The maximum Gasteiger partial charge on any atom is 0.271 e. The number of ether oxygens (including phenoxy) is 1. The van der Waals surface area contributed by atoms with Crippen molar-refractivity contribution in [2.75, 3.05) is 20.3 Å². The molecule has 2 N–H and O–H groups in total. The average Bonchev–Trinajstić information content (AvgIpc) is 3.38. The van der Waals surface area contributed by atoms with Crippen LogP contribution in [0.1, 0.15) is 11.7 Å². The summed E-state index contributed by atoms with van der Waals surface area (Å²) in [6.07, 6.45) is 0. The Morgan fingerprint density at radius 2 is 2.07 bits per heavy atom. The topological polar surface area (TPSA) is 98.3 Å². The Balaban J connectivity index is 1.54. The number of quaternary nitrogens is 1. The van der Waals surface area contributed by atoms with Crippen LogP contribution in [0, 0.1) is 0 Å². The van der Waals surface area contributed by atoms with Gasteiger partial charge in [0, 0.05) is 7.11 Å². The first-order chi connectivity index (χ1) is 13.7. The van der Waals surface area contributed by atoms with Gasteiger partial charge in [-0.1, -0.05) is 18.2 Å². The first-order valence-electron chi connectivity index (χ1n) is 8.89. The van der Waals surface area contributed by atoms with Gasteiger partial charge in [-0.15, -0.1) is 21.5 Å². The number of aromatic nitrogens is 4. The van der Waals surface area contributed by atoms with Gasteiger partial charge in [0.1, 0.15) is 13.1 Å². The summed E-state index contributed by atoms with van der Waals surface area (Å²) in [5.74, 6) is 1.68. The van der Waals surface area contributed by atoms with Crippen molar-refractivity contribution in [2.45, 2.75) is 13.1 Å². The molecule has 0 amide bonds. The minimum atomic E-state index is -0.135. The highest BCUT2D eigenvalue weighted by atomic mass is 32.1. The second-order valence-electron chi connectivity index (χ2n) is 6.35. The number of fused-ring (bicyclic) bond motifs is 1. The summed E-state index contributed by atoms with van der Waals surface area (Å²) in [4.78, 5) is 21.8. The standard InChI is InChI=1S/C19H19N5O3S/c1-26-9-8-24(12-17-22-23-19(27-17)15-7-4-10-28-15)11-16-20-14-6-3-2-5-13(14)18(25)21-16/h2-7,10H,8-9,11-12H2,1H3,(H,20,21,25)/p+1. The number of rotatable bonds is 8. The Bertz CT molecular complexity index is 1110. The van der Waals surface area contributed by atoms with E-state index in [2.05, 4.69) is 20.2 Å². The van der Waals surface area contributed by atoms with Crippen LogP contribution in [-0.4, -0.2) is 40.4 Å². The molecule has 8 nitrogen and oxygen atoms in total. The van der Waals surface area contributed by atoms with Crippen molar-refractivity contribution in [1.82, 2.24) is 20.2 Å². The van der Waals surface area contributed by atoms with Crippen molar-refractivity contribution in [3.63, 3.8) is 0 Å². The molecule has 3 aromatic heterocycles. The minimum Gasteiger partial charge on any atom is -0.414 e. The Kier molecular flexibility index (Phi) is 5.56. The third kappa shape index (κ3) is 4.16. The number of thiophene rings is 1. The van der Waals surface area contributed by atoms with Crippen LogP contribution >= 0.6 is 11.3 Å². The van der Waals surface area contributed by atoms with Crippen molar-refractivity contribution < 1.29 is 14.1 Å². The van der Waals surface area contributed by atoms with Crippen LogP contribution in [0.15, 0.2) is 51.0 Å². The van der Waals surface area contributed by atoms with Gasteiger partial charge in [0.2, 0.25) is 0 Å². The molecule has 0 saturated carbocycles. The van der Waals surface area contributed by atoms with Crippen LogP contribution in [0.25, 0.3) is 21.7 Å². The van der Waals surface area contributed by atoms with Crippen molar-refractivity contribution >= 4 is 22.2 Å². The number of H-pyrrole nitrogens is 1. The lowest BCUT2D eigenvalue weighted by Crippen LogP contribution is -3.10. The van der Waals surface area contributed by atoms with Crippen molar-refractivity contribution in [3.8, 4) is 10.8 Å². The lowest BCUT2D eigenvalue weighted by Gasteiger charge is -2.17. The molecule has 0 saturated heterocycles. The monoisotopic (exact) mass is 398 g/mol. The summed E-state index contributed by atoms with van der Waals surface area (Å²) in [6.45, 7) is 2.31. The van der Waals surface area contributed by atoms with E-state index < -0.39 is 0 Å². The number of para-hydroxylation sites is 1. The lowest BCUT2D eigenvalue weighted by atomic mass is 10.2. The normalized spacial score (nSPS) is 12.5. The van der Waals surface area contributed by atoms with Gasteiger partial charge in [0.25, 0.3) is 17.3 Å². The molecule has 3 heterocycles. The van der Waals surface area contributed by atoms with E-state index in [-0.39, 0.29) is 5.56 Å². The molecule has 4 aromatic rings. The number of benzene rings is 1. The first-order valence-corrected chi connectivity index (χ1v) is 9.77. The molecule has 144 valence electrons. The number of methoxy groups -OCH3 is 1. The molecule has 0 bridgehead atoms. The van der Waals surface area contributed by atoms with E-state index in [1.165, 1.54) is 0 Å². The van der Waals surface area contributed by atoms with Gasteiger partial charge in [0.05, 0.1) is 22.4 Å². The van der Waals surface area contributed by atoms with Crippen molar-refractivity contribution in [2.24, 2.45) is 0 Å². The third-order valence-electron chi connectivity index (χ3n) is 4.34. The quantitative estimate of drug-likeness (QED) is 0.464. The molecule has 1 aromatic carbocycles. The summed E-state index contributed by atoms with van der Waals surface area (Å²) >= 11 is 1.55. The summed E-state index contributed by atoms with van der Waals surface area (Å²) in [7, 11) is 1.66. The van der Waals surface area contributed by atoms with Gasteiger partial charge in [-0.2, -0.15) is 0 Å². The van der Waals surface area contributed by atoms with Crippen LogP contribution in [0.4, 0.5) is 0 Å². The highest BCUT2D eigenvalue weighted by Gasteiger charge is 2.18. The van der Waals surface area contributed by atoms with E-state index in [0.29, 0.717) is 54.7 Å². The SMILES string of the molecule is COCC[NH+](Cc1nc2ccccc2c(=O)[nH]1)Cc1nnc(-c2cccs2)o1. The zero-order valence-corrected chi connectivity index (χ0v) is 16.2. The molecule has 0 aliphatic carbocycles. The van der Waals surface area contributed by atoms with Crippen molar-refractivity contribution in [3.05, 3.63) is 63.8 Å². The lowest BCUT2D eigenvalue weighted by molar-refractivity contribution is -0.929. The van der Waals surface area contributed by atoms with E-state index >= 15 is 0 Å². The van der Waals surface area contributed by atoms with Crippen LogP contribution in [0.5, 0.6) is 0 Å². The highest BCUT2D eigenvalue weighted by Crippen LogP contribution is 2.22. The summed E-state index contributed by atoms with van der Waals surface area (Å²) in [5.41, 5.74) is 0.551. The summed E-state index contributed by atoms with van der Waals surface area (Å²) < 4.78 is 11.0. The fraction of sp³-hybridized carbons (Fsp3) is 0.263. The number of hydrogen-bond acceptors (Lipinski definition) is 7. The first kappa shape index (κ1) is 18.5. The van der Waals surface area contributed by atoms with Gasteiger partial charge in [-0.3, -0.25) is 4.79 Å². The second-order valence-corrected chi connectivity index (χ2v) is 7.30. The Morgan fingerprint density at radius 3 is 2.89 bits per heavy atom. The fourth-order valence-electron chi connectivity index (χ4n) is 2.98. The fourth-order valence-corrected chi connectivity index (χ4v) is 3.62. The highest BCUT2D eigenvalue weighted by molar-refractivity contribution is 7.13. The maximum absolute atomic E-state index is 12.3. The zero-order valence-electron chi connectivity index (χ0n) is 15.3. The molecule has 0 fully saturated rings. The predicted molar refractivity (Wildman–Crippen MR) is 105 cm³/mol. The average molecular weight is 398 g/mol. The van der Waals surface area contributed by atoms with E-state index in [1.807, 2.05) is 35.7 Å². The molecule has 1 atom stereocenters. The number of nitrogens with zero attached hydrogens (tertiary/aromatic N) is 3. The predicted octanol–water partition coefficient (Wildman–Crippen LogP) is 1.27. The second kappa shape index (κ2) is 8.42. The van der Waals surface area contributed by atoms with Crippen LogP contribution in [-0.2, 0) is 17.8 Å². The minimum absolute atomic E-state index is 0.135. The molecule has 1 unspecified atom stereocenters. The number of aromatic amines is 1. The van der Waals surface area contributed by atoms with Gasteiger partial charge in [-0.05, 0) is 23.6 Å². The maximum atomic E-state index is 12.3. The van der Waals surface area contributed by atoms with Gasteiger partial charge in [0.15, 0.2) is 12.4 Å². The summed E-state index contributed by atoms with van der Waals surface area (Å²) in [5, 5.41) is 10.8. The molecule has 0 aliphatic rings. The van der Waals surface area contributed by atoms with E-state index in [1.54, 1.807) is 24.5 Å². The molecule has 9 heteroatoms. The molecule has 4 rings (SSSR count). The Hall–Kier alpha value is -2.88. The molecular weight excluding hydrogens is 378 g/mol. The van der Waals surface area contributed by atoms with Gasteiger partial charge in [-0.25, -0.2) is 4.98 Å². The van der Waals surface area contributed by atoms with E-state index in [9.17, 15) is 4.79 Å². The van der Waals surface area contributed by atoms with Crippen LogP contribution in [0.2, 0.25) is 0 Å². The zero-order chi connectivity index (χ0) is 19.3. The van der Waals surface area contributed by atoms with E-state index in [0.717, 1.165) is 9.78 Å². The Labute approximate surface area is 164 Å². The van der Waals surface area contributed by atoms with Crippen LogP contribution < -0.4 is 10.5 Å². The smallest absolute Gasteiger partial charge is 0.271 e. The number of nitrogens with one attached hydrogen (secondary N) is 2. The molecular formula is C19H20N5O3S+. The molecule has 0 aliphatic heterocycles. The largest absolute Gasteiger partial charge is 0.414 e. The summed E-state index contributed by atoms with van der Waals surface area (Å²) in [6, 6.07) is 11.2. The number of hydrogen-bond donors (Lipinski definition) is 2. The van der Waals surface area contributed by atoms with E-state index in [4.69, 9.17) is 9.15 Å². The van der Waals surface area contributed by atoms with Crippen molar-refractivity contribution in [1.29, 1.82) is 0 Å². The van der Waals surface area contributed by atoms with Crippen LogP contribution in [0.3, 0.4) is 0 Å². The Morgan fingerprint density at radius 1 is 1.18 bits per heavy atom.